The minimum Gasteiger partial charge on any atom is -0.497 e. The van der Waals surface area contributed by atoms with Gasteiger partial charge in [-0.2, -0.15) is 4.31 Å². The predicted octanol–water partition coefficient (Wildman–Crippen LogP) is 4.45. The number of methoxy groups -OCH3 is 1. The predicted molar refractivity (Wildman–Crippen MR) is 102 cm³/mol. The monoisotopic (exact) mass is 423 g/mol. The maximum Gasteiger partial charge on any atom is 0.244 e. The third-order valence-corrected chi connectivity index (χ3v) is 7.62. The zero-order valence-corrected chi connectivity index (χ0v) is 16.8. The molecule has 4 nitrogen and oxygen atoms in total. The second kappa shape index (κ2) is 7.48. The van der Waals surface area contributed by atoms with Gasteiger partial charge in [-0.15, -0.1) is 0 Å². The summed E-state index contributed by atoms with van der Waals surface area (Å²) >= 11 is 3.38. The van der Waals surface area contributed by atoms with Gasteiger partial charge in [0.2, 0.25) is 10.0 Å². The molecular formula is C19H22BrNO3S. The summed E-state index contributed by atoms with van der Waals surface area (Å²) in [5.74, 6) is 1.20. The Morgan fingerprint density at radius 1 is 1.16 bits per heavy atom. The largest absolute Gasteiger partial charge is 0.497 e. The molecule has 0 radical (unpaired) electrons. The van der Waals surface area contributed by atoms with E-state index in [1.54, 1.807) is 29.6 Å². The molecule has 0 amide bonds. The molecule has 0 saturated heterocycles. The van der Waals surface area contributed by atoms with Gasteiger partial charge in [0.05, 0.1) is 12.0 Å². The highest BCUT2D eigenvalue weighted by atomic mass is 79.9. The number of halogens is 1. The van der Waals surface area contributed by atoms with E-state index in [4.69, 9.17) is 4.74 Å². The molecule has 1 saturated carbocycles. The molecule has 2 aromatic rings. The van der Waals surface area contributed by atoms with E-state index >= 15 is 0 Å². The Morgan fingerprint density at radius 3 is 2.36 bits per heavy atom. The summed E-state index contributed by atoms with van der Waals surface area (Å²) in [4.78, 5) is 0.316. The first-order valence-corrected chi connectivity index (χ1v) is 10.6. The number of rotatable bonds is 7. The van der Waals surface area contributed by atoms with Crippen molar-refractivity contribution in [3.63, 3.8) is 0 Å². The third kappa shape index (κ3) is 4.07. The molecule has 1 unspecified atom stereocenters. The van der Waals surface area contributed by atoms with Crippen LogP contribution in [-0.4, -0.2) is 25.9 Å². The molecule has 0 aliphatic heterocycles. The lowest BCUT2D eigenvalue weighted by Gasteiger charge is -2.29. The molecular weight excluding hydrogens is 402 g/mol. The zero-order valence-electron chi connectivity index (χ0n) is 14.4. The molecule has 1 fully saturated rings. The first kappa shape index (κ1) is 18.4. The highest BCUT2D eigenvalue weighted by Gasteiger charge is 2.38. The van der Waals surface area contributed by atoms with Gasteiger partial charge in [-0.1, -0.05) is 24.3 Å². The van der Waals surface area contributed by atoms with Crippen LogP contribution < -0.4 is 4.74 Å². The Hall–Kier alpha value is -1.37. The fourth-order valence-electron chi connectivity index (χ4n) is 2.95. The van der Waals surface area contributed by atoms with Gasteiger partial charge in [-0.05, 0) is 71.4 Å². The molecule has 1 atom stereocenters. The van der Waals surface area contributed by atoms with Gasteiger partial charge in [0, 0.05) is 17.1 Å². The summed E-state index contributed by atoms with van der Waals surface area (Å²) < 4.78 is 34.1. The van der Waals surface area contributed by atoms with Crippen LogP contribution in [-0.2, 0) is 16.6 Å². The minimum atomic E-state index is -3.59. The number of hydrogen-bond acceptors (Lipinski definition) is 3. The maximum atomic E-state index is 13.3. The van der Waals surface area contributed by atoms with Crippen LogP contribution in [0.15, 0.2) is 57.9 Å². The Bertz CT molecular complexity index is 832. The van der Waals surface area contributed by atoms with Crippen molar-refractivity contribution in [1.29, 1.82) is 0 Å². The summed E-state index contributed by atoms with van der Waals surface area (Å²) in [7, 11) is -1.98. The number of nitrogens with zero attached hydrogens (tertiary/aromatic N) is 1. The summed E-state index contributed by atoms with van der Waals surface area (Å²) in [6, 6.07) is 14.5. The van der Waals surface area contributed by atoms with E-state index in [0.29, 0.717) is 21.8 Å². The van der Waals surface area contributed by atoms with E-state index in [1.807, 2.05) is 37.3 Å². The van der Waals surface area contributed by atoms with E-state index in [2.05, 4.69) is 15.9 Å². The van der Waals surface area contributed by atoms with E-state index in [-0.39, 0.29) is 6.04 Å². The summed E-state index contributed by atoms with van der Waals surface area (Å²) in [5.41, 5.74) is 0.948. The van der Waals surface area contributed by atoms with Crippen LogP contribution in [0, 0.1) is 5.92 Å². The number of hydrogen-bond donors (Lipinski definition) is 0. The quantitative estimate of drug-likeness (QED) is 0.660. The Kier molecular flexibility index (Phi) is 5.51. The van der Waals surface area contributed by atoms with Crippen molar-refractivity contribution in [2.24, 2.45) is 5.92 Å². The van der Waals surface area contributed by atoms with Gasteiger partial charge in [0.1, 0.15) is 5.75 Å². The number of benzene rings is 2. The maximum absolute atomic E-state index is 13.3. The molecule has 0 heterocycles. The number of ether oxygens (including phenoxy) is 1. The van der Waals surface area contributed by atoms with E-state index < -0.39 is 10.0 Å². The fraction of sp³-hybridized carbons (Fsp3) is 0.368. The molecule has 1 aliphatic carbocycles. The van der Waals surface area contributed by atoms with Crippen molar-refractivity contribution < 1.29 is 13.2 Å². The highest BCUT2D eigenvalue weighted by Crippen LogP contribution is 2.38. The molecule has 6 heteroatoms. The SMILES string of the molecule is COc1ccc(CN(C(C)C2CC2)S(=O)(=O)c2ccccc2Br)cc1. The summed E-state index contributed by atoms with van der Waals surface area (Å²) in [5, 5.41) is 0. The first-order valence-electron chi connectivity index (χ1n) is 8.33. The number of sulfonamides is 1. The second-order valence-corrected chi connectivity index (χ2v) is 9.12. The molecule has 25 heavy (non-hydrogen) atoms. The molecule has 0 bridgehead atoms. The second-order valence-electron chi connectivity index (χ2n) is 6.41. The van der Waals surface area contributed by atoms with Crippen molar-refractivity contribution in [2.45, 2.75) is 37.2 Å². The lowest BCUT2D eigenvalue weighted by atomic mass is 10.1. The lowest BCUT2D eigenvalue weighted by Crippen LogP contribution is -2.39. The van der Waals surface area contributed by atoms with Gasteiger partial charge < -0.3 is 4.74 Å². The lowest BCUT2D eigenvalue weighted by molar-refractivity contribution is 0.303. The fourth-order valence-corrected chi connectivity index (χ4v) is 5.60. The Morgan fingerprint density at radius 2 is 1.80 bits per heavy atom. The Labute approximate surface area is 158 Å². The van der Waals surface area contributed by atoms with Crippen LogP contribution in [0.2, 0.25) is 0 Å². The van der Waals surface area contributed by atoms with Crippen molar-refractivity contribution in [1.82, 2.24) is 4.31 Å². The molecule has 0 aromatic heterocycles. The van der Waals surface area contributed by atoms with Gasteiger partial charge >= 0.3 is 0 Å². The van der Waals surface area contributed by atoms with Gasteiger partial charge in [0.25, 0.3) is 0 Å². The van der Waals surface area contributed by atoms with E-state index in [0.717, 1.165) is 24.2 Å². The van der Waals surface area contributed by atoms with Crippen LogP contribution in [0.3, 0.4) is 0 Å². The van der Waals surface area contributed by atoms with Crippen LogP contribution in [0.1, 0.15) is 25.3 Å². The molecule has 2 aromatic carbocycles. The summed E-state index contributed by atoms with van der Waals surface area (Å²) in [6.07, 6.45) is 2.18. The standard InChI is InChI=1S/C19H22BrNO3S/c1-14(16-9-10-16)21(13-15-7-11-17(24-2)12-8-15)25(22,23)19-6-4-3-5-18(19)20/h3-8,11-12,14,16H,9-10,13H2,1-2H3. The zero-order chi connectivity index (χ0) is 18.0. The van der Waals surface area contributed by atoms with Crippen molar-refractivity contribution in [3.8, 4) is 5.75 Å². The van der Waals surface area contributed by atoms with Crippen molar-refractivity contribution in [3.05, 3.63) is 58.6 Å². The van der Waals surface area contributed by atoms with Gasteiger partial charge in [-0.25, -0.2) is 8.42 Å². The average Bonchev–Trinajstić information content (AvgIpc) is 3.45. The Balaban J connectivity index is 1.95. The van der Waals surface area contributed by atoms with Crippen molar-refractivity contribution >= 4 is 26.0 Å². The molecule has 1 aliphatic rings. The molecule has 0 N–H and O–H groups in total. The van der Waals surface area contributed by atoms with Crippen LogP contribution in [0.5, 0.6) is 5.75 Å². The highest BCUT2D eigenvalue weighted by molar-refractivity contribution is 9.10. The minimum absolute atomic E-state index is 0.0285. The summed E-state index contributed by atoms with van der Waals surface area (Å²) in [6.45, 7) is 2.36. The normalized spacial score (nSPS) is 16.0. The molecule has 3 rings (SSSR count). The average molecular weight is 424 g/mol. The van der Waals surface area contributed by atoms with Crippen LogP contribution in [0.4, 0.5) is 0 Å². The topological polar surface area (TPSA) is 46.6 Å². The van der Waals surface area contributed by atoms with Gasteiger partial charge in [0.15, 0.2) is 0 Å². The van der Waals surface area contributed by atoms with Gasteiger partial charge in [-0.3, -0.25) is 0 Å². The van der Waals surface area contributed by atoms with E-state index in [1.165, 1.54) is 0 Å². The first-order chi connectivity index (χ1) is 11.9. The molecule has 0 spiro atoms. The smallest absolute Gasteiger partial charge is 0.244 e. The van der Waals surface area contributed by atoms with Crippen molar-refractivity contribution in [2.75, 3.05) is 7.11 Å². The van der Waals surface area contributed by atoms with E-state index in [9.17, 15) is 8.42 Å². The van der Waals surface area contributed by atoms with Crippen LogP contribution in [0.25, 0.3) is 0 Å². The molecule has 134 valence electrons. The van der Waals surface area contributed by atoms with Crippen LogP contribution >= 0.6 is 15.9 Å². The third-order valence-electron chi connectivity index (χ3n) is 4.68.